The van der Waals surface area contributed by atoms with Crippen LogP contribution in [0.3, 0.4) is 0 Å². The maximum absolute atomic E-state index is 12.4. The number of rotatable bonds is 5. The number of aryl methyl sites for hydroxylation is 2. The monoisotopic (exact) mass is 344 g/mol. The van der Waals surface area contributed by atoms with Crippen LogP contribution in [0.2, 0.25) is 0 Å². The third-order valence-electron chi connectivity index (χ3n) is 4.54. The summed E-state index contributed by atoms with van der Waals surface area (Å²) >= 11 is 0. The highest BCUT2D eigenvalue weighted by Crippen LogP contribution is 2.22. The maximum atomic E-state index is 12.4. The van der Waals surface area contributed by atoms with E-state index in [0.717, 1.165) is 17.0 Å². The second kappa shape index (κ2) is 6.54. The molecule has 0 N–H and O–H groups in total. The fourth-order valence-corrected chi connectivity index (χ4v) is 2.89. The Bertz CT molecular complexity index is 807. The van der Waals surface area contributed by atoms with Crippen LogP contribution < -0.4 is 4.74 Å². The lowest BCUT2D eigenvalue weighted by molar-refractivity contribution is -0.384. The molecule has 8 heteroatoms. The summed E-state index contributed by atoms with van der Waals surface area (Å²) in [4.78, 5) is 24.3. The first kappa shape index (κ1) is 16.9. The van der Waals surface area contributed by atoms with Crippen molar-refractivity contribution >= 4 is 11.6 Å². The van der Waals surface area contributed by atoms with E-state index in [1.807, 2.05) is 20.9 Å². The van der Waals surface area contributed by atoms with Crippen molar-refractivity contribution in [2.24, 2.45) is 7.05 Å². The zero-order chi connectivity index (χ0) is 18.1. The number of benzene rings is 1. The third kappa shape index (κ3) is 3.47. The summed E-state index contributed by atoms with van der Waals surface area (Å²) in [6, 6.07) is 5.96. The molecule has 0 saturated carbocycles. The smallest absolute Gasteiger partial charge is 0.269 e. The van der Waals surface area contributed by atoms with Gasteiger partial charge in [-0.05, 0) is 26.0 Å². The first-order valence-electron chi connectivity index (χ1n) is 8.03. The molecule has 0 spiro atoms. The van der Waals surface area contributed by atoms with Crippen molar-refractivity contribution in [3.05, 3.63) is 51.3 Å². The van der Waals surface area contributed by atoms with Crippen molar-refractivity contribution < 1.29 is 14.5 Å². The second-order valence-corrected chi connectivity index (χ2v) is 6.24. The van der Waals surface area contributed by atoms with E-state index in [4.69, 9.17) is 4.74 Å². The normalized spacial score (nSPS) is 14.3. The number of ether oxygens (including phenoxy) is 1. The zero-order valence-corrected chi connectivity index (χ0v) is 14.4. The Morgan fingerprint density at radius 2 is 1.96 bits per heavy atom. The van der Waals surface area contributed by atoms with Crippen LogP contribution in [-0.2, 0) is 18.3 Å². The fraction of sp³-hybridized carbons (Fsp3) is 0.412. The van der Waals surface area contributed by atoms with E-state index in [-0.39, 0.29) is 17.7 Å². The molecule has 0 bridgehead atoms. The van der Waals surface area contributed by atoms with Gasteiger partial charge in [0.15, 0.2) is 0 Å². The average molecular weight is 344 g/mol. The van der Waals surface area contributed by atoms with E-state index in [1.54, 1.807) is 21.7 Å². The molecule has 0 atom stereocenters. The number of nitro benzene ring substituents is 1. The van der Waals surface area contributed by atoms with Gasteiger partial charge in [0.2, 0.25) is 5.91 Å². The number of likely N-dealkylation sites (tertiary alicyclic amines) is 1. The van der Waals surface area contributed by atoms with Crippen molar-refractivity contribution in [2.45, 2.75) is 26.4 Å². The number of carbonyl (C=O) groups excluding carboxylic acids is 1. The van der Waals surface area contributed by atoms with Gasteiger partial charge < -0.3 is 9.64 Å². The van der Waals surface area contributed by atoms with Crippen LogP contribution in [0, 0.1) is 24.0 Å². The summed E-state index contributed by atoms with van der Waals surface area (Å²) < 4.78 is 7.52. The quantitative estimate of drug-likeness (QED) is 0.609. The summed E-state index contributed by atoms with van der Waals surface area (Å²) in [5.74, 6) is 0.629. The van der Waals surface area contributed by atoms with Gasteiger partial charge in [-0.25, -0.2) is 0 Å². The predicted octanol–water partition coefficient (Wildman–Crippen LogP) is 1.78. The number of nitrogens with zero attached hydrogens (tertiary/aromatic N) is 4. The highest BCUT2D eigenvalue weighted by atomic mass is 16.6. The zero-order valence-electron chi connectivity index (χ0n) is 14.4. The Kier molecular flexibility index (Phi) is 4.43. The second-order valence-electron chi connectivity index (χ2n) is 6.24. The van der Waals surface area contributed by atoms with Gasteiger partial charge in [-0.3, -0.25) is 19.6 Å². The van der Waals surface area contributed by atoms with Crippen LogP contribution in [0.5, 0.6) is 5.75 Å². The molecule has 132 valence electrons. The Morgan fingerprint density at radius 1 is 1.32 bits per heavy atom. The van der Waals surface area contributed by atoms with E-state index < -0.39 is 4.92 Å². The minimum Gasteiger partial charge on any atom is -0.487 e. The molecular weight excluding hydrogens is 324 g/mol. The summed E-state index contributed by atoms with van der Waals surface area (Å²) in [5, 5.41) is 15.0. The highest BCUT2D eigenvalue weighted by Gasteiger charge is 2.32. The number of hydrogen-bond donors (Lipinski definition) is 0. The maximum Gasteiger partial charge on any atom is 0.269 e. The molecule has 8 nitrogen and oxygen atoms in total. The molecule has 25 heavy (non-hydrogen) atoms. The predicted molar refractivity (Wildman–Crippen MR) is 90.5 cm³/mol. The highest BCUT2D eigenvalue weighted by molar-refractivity contribution is 5.80. The fourth-order valence-electron chi connectivity index (χ4n) is 2.89. The number of nitro groups is 1. The van der Waals surface area contributed by atoms with Crippen LogP contribution >= 0.6 is 0 Å². The molecule has 1 amide bonds. The molecule has 2 heterocycles. The number of aromatic nitrogens is 2. The molecule has 1 aliphatic rings. The third-order valence-corrected chi connectivity index (χ3v) is 4.54. The Hall–Kier alpha value is -2.90. The lowest BCUT2D eigenvalue weighted by Crippen LogP contribution is -2.56. The van der Waals surface area contributed by atoms with Gasteiger partial charge in [-0.1, -0.05) is 0 Å². The molecule has 3 rings (SSSR count). The molecule has 1 fully saturated rings. The molecular formula is C17H20N4O4. The van der Waals surface area contributed by atoms with Crippen molar-refractivity contribution in [1.29, 1.82) is 0 Å². The molecule has 1 aliphatic heterocycles. The molecule has 1 aromatic carbocycles. The van der Waals surface area contributed by atoms with E-state index in [1.165, 1.54) is 12.1 Å². The lowest BCUT2D eigenvalue weighted by Gasteiger charge is -2.39. The molecule has 1 saturated heterocycles. The van der Waals surface area contributed by atoms with Crippen LogP contribution in [0.4, 0.5) is 5.69 Å². The molecule has 0 aliphatic carbocycles. The van der Waals surface area contributed by atoms with Gasteiger partial charge in [0.1, 0.15) is 11.9 Å². The Labute approximate surface area is 145 Å². The van der Waals surface area contributed by atoms with Gasteiger partial charge in [-0.2, -0.15) is 5.10 Å². The molecule has 2 aromatic rings. The average Bonchev–Trinajstić information content (AvgIpc) is 2.77. The van der Waals surface area contributed by atoms with E-state index in [0.29, 0.717) is 25.3 Å². The SMILES string of the molecule is Cc1nn(C)c(C)c1CC(=O)N1CC(Oc2ccc([N+](=O)[O-])cc2)C1. The topological polar surface area (TPSA) is 90.5 Å². The summed E-state index contributed by atoms with van der Waals surface area (Å²) in [6.07, 6.45) is 0.261. The number of amides is 1. The molecule has 0 unspecified atom stereocenters. The van der Waals surface area contributed by atoms with Crippen LogP contribution in [0.25, 0.3) is 0 Å². The summed E-state index contributed by atoms with van der Waals surface area (Å²) in [6.45, 7) is 4.91. The Balaban J connectivity index is 1.52. The van der Waals surface area contributed by atoms with E-state index in [9.17, 15) is 14.9 Å². The summed E-state index contributed by atoms with van der Waals surface area (Å²) in [7, 11) is 1.87. The standard InChI is InChI=1S/C17H20N4O4/c1-11-16(12(2)19(3)18-11)8-17(22)20-9-15(10-20)25-14-6-4-13(5-7-14)21(23)24/h4-7,15H,8-10H2,1-3H3. The van der Waals surface area contributed by atoms with Gasteiger partial charge in [-0.15, -0.1) is 0 Å². The number of non-ortho nitro benzene ring substituents is 1. The van der Waals surface area contributed by atoms with Crippen molar-refractivity contribution in [2.75, 3.05) is 13.1 Å². The van der Waals surface area contributed by atoms with E-state index >= 15 is 0 Å². The van der Waals surface area contributed by atoms with Crippen LogP contribution in [0.15, 0.2) is 24.3 Å². The minimum atomic E-state index is -0.448. The van der Waals surface area contributed by atoms with Crippen molar-refractivity contribution in [3.63, 3.8) is 0 Å². The molecule has 0 radical (unpaired) electrons. The van der Waals surface area contributed by atoms with Crippen LogP contribution in [0.1, 0.15) is 17.0 Å². The minimum absolute atomic E-state index is 0.0278. The van der Waals surface area contributed by atoms with Crippen molar-refractivity contribution in [3.8, 4) is 5.75 Å². The Morgan fingerprint density at radius 3 is 2.48 bits per heavy atom. The summed E-state index contributed by atoms with van der Waals surface area (Å²) in [5.41, 5.74) is 2.89. The largest absolute Gasteiger partial charge is 0.487 e. The number of carbonyl (C=O) groups is 1. The van der Waals surface area contributed by atoms with Crippen LogP contribution in [-0.4, -0.2) is 44.7 Å². The first-order valence-corrected chi connectivity index (χ1v) is 8.03. The lowest BCUT2D eigenvalue weighted by atomic mass is 10.1. The van der Waals surface area contributed by atoms with Gasteiger partial charge in [0, 0.05) is 30.4 Å². The van der Waals surface area contributed by atoms with Crippen molar-refractivity contribution in [1.82, 2.24) is 14.7 Å². The molecule has 1 aromatic heterocycles. The number of hydrogen-bond acceptors (Lipinski definition) is 5. The first-order chi connectivity index (χ1) is 11.8. The van der Waals surface area contributed by atoms with E-state index in [2.05, 4.69) is 5.10 Å². The van der Waals surface area contributed by atoms with Gasteiger partial charge in [0.25, 0.3) is 5.69 Å². The van der Waals surface area contributed by atoms with Gasteiger partial charge >= 0.3 is 0 Å². The van der Waals surface area contributed by atoms with Gasteiger partial charge in [0.05, 0.1) is 30.1 Å².